The van der Waals surface area contributed by atoms with Crippen molar-refractivity contribution in [1.29, 1.82) is 0 Å². The Kier molecular flexibility index (Phi) is 2.34. The van der Waals surface area contributed by atoms with Crippen molar-refractivity contribution in [3.63, 3.8) is 0 Å². The number of halogens is 1. The Labute approximate surface area is 107 Å². The molecule has 90 valence electrons. The van der Waals surface area contributed by atoms with E-state index in [-0.39, 0.29) is 11.2 Å². The van der Waals surface area contributed by atoms with Crippen LogP contribution < -0.4 is 5.73 Å². The Morgan fingerprint density at radius 1 is 1.17 bits per heavy atom. The van der Waals surface area contributed by atoms with Gasteiger partial charge in [-0.2, -0.15) is 10.1 Å². The van der Waals surface area contributed by atoms with Gasteiger partial charge in [-0.25, -0.2) is 15.0 Å². The summed E-state index contributed by atoms with van der Waals surface area (Å²) < 4.78 is 1.63. The first-order chi connectivity index (χ1) is 8.65. The van der Waals surface area contributed by atoms with Crippen LogP contribution in [-0.2, 0) is 7.05 Å². The number of aryl methyl sites for hydroxylation is 1. The molecule has 0 atom stereocenters. The predicted molar refractivity (Wildman–Crippen MR) is 66.8 cm³/mol. The molecule has 0 saturated heterocycles. The molecule has 3 heterocycles. The topological polar surface area (TPSA) is 95.4 Å². The summed E-state index contributed by atoms with van der Waals surface area (Å²) in [6, 6.07) is 0. The van der Waals surface area contributed by atoms with Gasteiger partial charge in [0, 0.05) is 25.0 Å². The Morgan fingerprint density at radius 2 is 1.89 bits per heavy atom. The Hall–Kier alpha value is -2.28. The summed E-state index contributed by atoms with van der Waals surface area (Å²) >= 11 is 5.91. The number of hydrogen-bond donors (Lipinski definition) is 1. The van der Waals surface area contributed by atoms with Crippen LogP contribution >= 0.6 is 11.6 Å². The number of anilines is 1. The second-order valence-electron chi connectivity index (χ2n) is 3.68. The van der Waals surface area contributed by atoms with Gasteiger partial charge in [-0.05, 0) is 11.6 Å². The highest BCUT2D eigenvalue weighted by atomic mass is 35.5. The summed E-state index contributed by atoms with van der Waals surface area (Å²) in [5.74, 6) is 0.210. The smallest absolute Gasteiger partial charge is 0.225 e. The van der Waals surface area contributed by atoms with Gasteiger partial charge in [0.05, 0.1) is 17.3 Å². The highest BCUT2D eigenvalue weighted by Gasteiger charge is 2.12. The molecule has 0 aliphatic carbocycles. The molecule has 0 saturated carbocycles. The lowest BCUT2D eigenvalue weighted by atomic mass is 10.2. The highest BCUT2D eigenvalue weighted by molar-refractivity contribution is 6.28. The van der Waals surface area contributed by atoms with Gasteiger partial charge in [0.25, 0.3) is 0 Å². The average molecular weight is 262 g/mol. The minimum atomic E-state index is 0.151. The first-order valence-corrected chi connectivity index (χ1v) is 5.46. The van der Waals surface area contributed by atoms with Gasteiger partial charge in [0.1, 0.15) is 0 Å². The molecule has 0 radical (unpaired) electrons. The van der Waals surface area contributed by atoms with Crippen molar-refractivity contribution in [1.82, 2.24) is 29.7 Å². The van der Waals surface area contributed by atoms with Gasteiger partial charge in [-0.15, -0.1) is 0 Å². The molecule has 0 unspecified atom stereocenters. The van der Waals surface area contributed by atoms with Crippen molar-refractivity contribution in [2.75, 3.05) is 5.73 Å². The molecule has 0 amide bonds. The highest BCUT2D eigenvalue weighted by Crippen LogP contribution is 2.25. The van der Waals surface area contributed by atoms with Crippen molar-refractivity contribution in [2.24, 2.45) is 7.05 Å². The van der Waals surface area contributed by atoms with E-state index >= 15 is 0 Å². The van der Waals surface area contributed by atoms with E-state index in [9.17, 15) is 0 Å². The molecule has 0 spiro atoms. The Morgan fingerprint density at radius 3 is 2.61 bits per heavy atom. The first-order valence-electron chi connectivity index (χ1n) is 5.08. The number of nitrogens with two attached hydrogens (primary N) is 1. The largest absolute Gasteiger partial charge is 0.368 e. The zero-order valence-electron chi connectivity index (χ0n) is 9.37. The van der Waals surface area contributed by atoms with Crippen LogP contribution in [0.4, 0.5) is 5.95 Å². The molecular weight excluding hydrogens is 254 g/mol. The van der Waals surface area contributed by atoms with E-state index in [2.05, 4.69) is 25.0 Å². The molecule has 0 aromatic carbocycles. The maximum Gasteiger partial charge on any atom is 0.225 e. The Balaban J connectivity index is 2.31. The second-order valence-corrected chi connectivity index (χ2v) is 4.01. The second kappa shape index (κ2) is 3.88. The quantitative estimate of drug-likeness (QED) is 0.658. The van der Waals surface area contributed by atoms with Gasteiger partial charge in [-0.3, -0.25) is 4.68 Å². The number of nitrogen functional groups attached to an aromatic ring is 1. The predicted octanol–water partition coefficient (Wildman–Crippen LogP) is 1.06. The minimum absolute atomic E-state index is 0.151. The van der Waals surface area contributed by atoms with E-state index in [1.807, 2.05) is 0 Å². The summed E-state index contributed by atoms with van der Waals surface area (Å²) in [4.78, 5) is 16.2. The van der Waals surface area contributed by atoms with Gasteiger partial charge >= 0.3 is 0 Å². The molecule has 18 heavy (non-hydrogen) atoms. The van der Waals surface area contributed by atoms with E-state index in [0.717, 1.165) is 5.39 Å². The van der Waals surface area contributed by atoms with E-state index in [4.69, 9.17) is 17.3 Å². The molecule has 8 heteroatoms. The molecule has 3 aromatic heterocycles. The SMILES string of the molecule is Cn1ncc2c(-c3cnc(N)nc3)nc(Cl)nc21. The molecule has 0 fully saturated rings. The standard InChI is InChI=1S/C10H8ClN7/c1-18-8-6(4-15-18)7(16-9(11)17-8)5-2-13-10(12)14-3-5/h2-4H,1H3,(H2,12,13,14). The number of fused-ring (bicyclic) bond motifs is 1. The third-order valence-corrected chi connectivity index (χ3v) is 2.68. The van der Waals surface area contributed by atoms with Crippen LogP contribution in [-0.4, -0.2) is 29.7 Å². The van der Waals surface area contributed by atoms with Crippen LogP contribution in [0.25, 0.3) is 22.3 Å². The first kappa shape index (κ1) is 10.8. The summed E-state index contributed by atoms with van der Waals surface area (Å²) in [7, 11) is 1.79. The van der Waals surface area contributed by atoms with E-state index in [1.54, 1.807) is 30.3 Å². The van der Waals surface area contributed by atoms with Gasteiger partial charge < -0.3 is 5.73 Å². The van der Waals surface area contributed by atoms with Crippen LogP contribution in [0.5, 0.6) is 0 Å². The van der Waals surface area contributed by atoms with Crippen LogP contribution in [0.3, 0.4) is 0 Å². The lowest BCUT2D eigenvalue weighted by Gasteiger charge is -2.02. The summed E-state index contributed by atoms with van der Waals surface area (Å²) in [5, 5.41) is 5.07. The fourth-order valence-corrected chi connectivity index (χ4v) is 1.84. The number of nitrogens with zero attached hydrogens (tertiary/aromatic N) is 6. The van der Waals surface area contributed by atoms with Crippen molar-refractivity contribution in [3.8, 4) is 11.3 Å². The zero-order valence-corrected chi connectivity index (χ0v) is 10.1. The Bertz CT molecular complexity index is 719. The van der Waals surface area contributed by atoms with Gasteiger partial charge in [0.2, 0.25) is 11.2 Å². The molecule has 2 N–H and O–H groups in total. The lowest BCUT2D eigenvalue weighted by Crippen LogP contribution is -1.97. The molecule has 7 nitrogen and oxygen atoms in total. The van der Waals surface area contributed by atoms with Crippen LogP contribution in [0, 0.1) is 0 Å². The van der Waals surface area contributed by atoms with Crippen molar-refractivity contribution in [2.45, 2.75) is 0 Å². The third kappa shape index (κ3) is 1.65. The van der Waals surface area contributed by atoms with Crippen molar-refractivity contribution >= 4 is 28.6 Å². The van der Waals surface area contributed by atoms with Crippen molar-refractivity contribution < 1.29 is 0 Å². The van der Waals surface area contributed by atoms with Crippen LogP contribution in [0.2, 0.25) is 5.28 Å². The normalized spacial score (nSPS) is 11.0. The third-order valence-electron chi connectivity index (χ3n) is 2.51. The van der Waals surface area contributed by atoms with E-state index in [0.29, 0.717) is 16.9 Å². The number of rotatable bonds is 1. The molecule has 3 aromatic rings. The molecule has 0 aliphatic heterocycles. The fraction of sp³-hybridized carbons (Fsp3) is 0.100. The van der Waals surface area contributed by atoms with E-state index in [1.165, 1.54) is 0 Å². The number of aromatic nitrogens is 6. The molecule has 0 aliphatic rings. The fourth-order valence-electron chi connectivity index (χ4n) is 1.68. The van der Waals surface area contributed by atoms with Gasteiger partial charge in [-0.1, -0.05) is 0 Å². The monoisotopic (exact) mass is 261 g/mol. The van der Waals surface area contributed by atoms with Crippen LogP contribution in [0.1, 0.15) is 0 Å². The van der Waals surface area contributed by atoms with Crippen LogP contribution in [0.15, 0.2) is 18.6 Å². The van der Waals surface area contributed by atoms with Crippen molar-refractivity contribution in [3.05, 3.63) is 23.9 Å². The summed E-state index contributed by atoms with van der Waals surface area (Å²) in [6.07, 6.45) is 4.86. The number of hydrogen-bond acceptors (Lipinski definition) is 6. The average Bonchev–Trinajstić information content (AvgIpc) is 2.71. The molecule has 0 bridgehead atoms. The zero-order chi connectivity index (χ0) is 12.7. The van der Waals surface area contributed by atoms with E-state index < -0.39 is 0 Å². The summed E-state index contributed by atoms with van der Waals surface area (Å²) in [5.41, 5.74) is 7.46. The maximum atomic E-state index is 5.91. The maximum absolute atomic E-state index is 5.91. The molecule has 3 rings (SSSR count). The minimum Gasteiger partial charge on any atom is -0.368 e. The van der Waals surface area contributed by atoms with Gasteiger partial charge in [0.15, 0.2) is 5.65 Å². The summed E-state index contributed by atoms with van der Waals surface area (Å²) in [6.45, 7) is 0. The lowest BCUT2D eigenvalue weighted by molar-refractivity contribution is 0.785. The molecular formula is C10H8ClN7.